The fraction of sp³-hybridized carbons (Fsp3) is 0.435. The van der Waals surface area contributed by atoms with E-state index in [1.54, 1.807) is 16.9 Å². The molecule has 198 valence electrons. The molecule has 0 spiro atoms. The predicted octanol–water partition coefficient (Wildman–Crippen LogP) is 3.59. The summed E-state index contributed by atoms with van der Waals surface area (Å²) in [6.45, 7) is 6.88. The number of nitrogens with zero attached hydrogens (tertiary/aromatic N) is 5. The molecule has 5 rings (SSSR count). The first-order valence-corrected chi connectivity index (χ1v) is 15.0. The summed E-state index contributed by atoms with van der Waals surface area (Å²) < 4.78 is 35.2. The average molecular weight is 585 g/mol. The molecule has 0 radical (unpaired) electrons. The molecule has 14 heteroatoms. The van der Waals surface area contributed by atoms with Gasteiger partial charge in [0.25, 0.3) is 0 Å². The van der Waals surface area contributed by atoms with Crippen LogP contribution in [0.1, 0.15) is 5.56 Å². The Morgan fingerprint density at radius 3 is 2.76 bits per heavy atom. The third-order valence-electron chi connectivity index (χ3n) is 6.28. The van der Waals surface area contributed by atoms with Gasteiger partial charge >= 0.3 is 0 Å². The van der Waals surface area contributed by atoms with Crippen LogP contribution >= 0.6 is 35.0 Å². The van der Waals surface area contributed by atoms with Crippen LogP contribution in [-0.2, 0) is 21.8 Å². The summed E-state index contributed by atoms with van der Waals surface area (Å²) in [5.41, 5.74) is 3.47. The Labute approximate surface area is 229 Å². The van der Waals surface area contributed by atoms with Crippen LogP contribution in [0.25, 0.3) is 22.3 Å². The van der Waals surface area contributed by atoms with Gasteiger partial charge in [-0.25, -0.2) is 18.1 Å². The molecule has 2 unspecified atom stereocenters. The van der Waals surface area contributed by atoms with Crippen LogP contribution in [0.4, 0.5) is 11.6 Å². The lowest BCUT2D eigenvalue weighted by atomic mass is 10.1. The van der Waals surface area contributed by atoms with Crippen LogP contribution in [0, 0.1) is 6.92 Å². The molecule has 2 aromatic heterocycles. The molecule has 3 aromatic rings. The highest BCUT2D eigenvalue weighted by atomic mass is 35.5. The summed E-state index contributed by atoms with van der Waals surface area (Å²) in [4.78, 5) is 11.5. The number of nitrogens with one attached hydrogen (secondary N) is 2. The number of anilines is 2. The predicted molar refractivity (Wildman–Crippen MR) is 150 cm³/mol. The second-order valence-electron chi connectivity index (χ2n) is 8.87. The molecule has 4 heterocycles. The quantitative estimate of drug-likeness (QED) is 0.384. The summed E-state index contributed by atoms with van der Waals surface area (Å²) in [5.74, 6) is 0.549. The van der Waals surface area contributed by atoms with Crippen LogP contribution in [-0.4, -0.2) is 82.4 Å². The van der Waals surface area contributed by atoms with Gasteiger partial charge in [0.05, 0.1) is 28.7 Å². The number of hydrogen-bond acceptors (Lipinski definition) is 9. The van der Waals surface area contributed by atoms with Crippen LogP contribution < -0.4 is 10.0 Å². The number of rotatable bonds is 8. The smallest absolute Gasteiger partial charge is 0.241 e. The van der Waals surface area contributed by atoms with Crippen LogP contribution in [0.5, 0.6) is 0 Å². The molecule has 37 heavy (non-hydrogen) atoms. The second-order valence-corrected chi connectivity index (χ2v) is 13.2. The van der Waals surface area contributed by atoms with E-state index in [0.29, 0.717) is 21.6 Å². The van der Waals surface area contributed by atoms with Crippen molar-refractivity contribution in [1.29, 1.82) is 0 Å². The van der Waals surface area contributed by atoms with Crippen LogP contribution in [0.15, 0.2) is 34.8 Å². The van der Waals surface area contributed by atoms with Crippen LogP contribution in [0.2, 0.25) is 0 Å². The SMILES string of the molecule is Cc1cc(-c2nn(C)c3nc(NCCN4CCOCC4)ncc23)ccc1NS(=O)(=O)C1C=C(Cl)SC1Cl. The minimum Gasteiger partial charge on any atom is -0.379 e. The topological polar surface area (TPSA) is 114 Å². The number of sulfonamides is 1. The van der Waals surface area contributed by atoms with Crippen molar-refractivity contribution in [3.8, 4) is 11.3 Å². The molecule has 2 atom stereocenters. The normalized spacial score (nSPS) is 20.8. The van der Waals surface area contributed by atoms with Crippen LogP contribution in [0.3, 0.4) is 0 Å². The summed E-state index contributed by atoms with van der Waals surface area (Å²) in [6.07, 6.45) is 3.23. The number of aryl methyl sites for hydroxylation is 2. The highest BCUT2D eigenvalue weighted by molar-refractivity contribution is 8.08. The standard InChI is InChI=1S/C23H27Cl2N7O3S2/c1-14-11-15(3-4-17(14)30-37(33,34)18-12-19(24)36-21(18)25)20-16-13-27-23(28-22(16)31(2)29-20)26-5-6-32-7-9-35-10-8-32/h3-4,11-13,18,21,30H,5-10H2,1-2H3,(H,26,27,28). The highest BCUT2D eigenvalue weighted by Crippen LogP contribution is 2.41. The molecule has 10 nitrogen and oxygen atoms in total. The fourth-order valence-corrected chi connectivity index (χ4v) is 8.30. The van der Waals surface area contributed by atoms with Gasteiger partial charge in [-0.3, -0.25) is 9.62 Å². The number of alkyl halides is 1. The van der Waals surface area contributed by atoms with E-state index in [-0.39, 0.29) is 0 Å². The maximum atomic E-state index is 12.9. The number of benzene rings is 1. The van der Waals surface area contributed by atoms with Gasteiger partial charge in [-0.2, -0.15) is 10.1 Å². The van der Waals surface area contributed by atoms with E-state index in [9.17, 15) is 8.42 Å². The van der Waals surface area contributed by atoms with E-state index in [2.05, 4.69) is 30.0 Å². The maximum absolute atomic E-state index is 12.9. The van der Waals surface area contributed by atoms with Gasteiger partial charge in [0.2, 0.25) is 16.0 Å². The molecular weight excluding hydrogens is 557 g/mol. The van der Waals surface area contributed by atoms with Gasteiger partial charge in [-0.1, -0.05) is 29.4 Å². The lowest BCUT2D eigenvalue weighted by Crippen LogP contribution is -2.39. The van der Waals surface area contributed by atoms with Gasteiger partial charge in [-0.15, -0.1) is 11.6 Å². The Hall–Kier alpha value is -2.09. The highest BCUT2D eigenvalue weighted by Gasteiger charge is 2.36. The van der Waals surface area contributed by atoms with Crippen molar-refractivity contribution in [1.82, 2.24) is 24.6 Å². The number of thioether (sulfide) groups is 1. The number of halogens is 2. The zero-order valence-electron chi connectivity index (χ0n) is 20.3. The lowest BCUT2D eigenvalue weighted by Gasteiger charge is -2.26. The van der Waals surface area contributed by atoms with Gasteiger partial charge in [-0.05, 0) is 30.7 Å². The lowest BCUT2D eigenvalue weighted by molar-refractivity contribution is 0.0398. The fourth-order valence-electron chi connectivity index (χ4n) is 4.28. The Morgan fingerprint density at radius 1 is 1.27 bits per heavy atom. The van der Waals surface area contributed by atoms with Crippen molar-refractivity contribution in [2.45, 2.75) is 16.9 Å². The molecule has 2 N–H and O–H groups in total. The largest absolute Gasteiger partial charge is 0.379 e. The number of aromatic nitrogens is 4. The second kappa shape index (κ2) is 11.0. The van der Waals surface area contributed by atoms with Crippen molar-refractivity contribution in [3.05, 3.63) is 40.4 Å². The van der Waals surface area contributed by atoms with E-state index < -0.39 is 20.0 Å². The summed E-state index contributed by atoms with van der Waals surface area (Å²) in [5, 5.41) is 7.85. The summed E-state index contributed by atoms with van der Waals surface area (Å²) in [7, 11) is -1.93. The molecule has 0 saturated carbocycles. The summed E-state index contributed by atoms with van der Waals surface area (Å²) >= 11 is 13.3. The molecule has 2 aliphatic rings. The Morgan fingerprint density at radius 2 is 2.05 bits per heavy atom. The van der Waals surface area contributed by atoms with E-state index in [0.717, 1.165) is 73.4 Å². The molecule has 0 amide bonds. The Bertz CT molecular complexity index is 1440. The van der Waals surface area contributed by atoms with Crippen molar-refractivity contribution in [2.75, 3.05) is 49.4 Å². The minimum absolute atomic E-state index is 0.377. The molecule has 0 bridgehead atoms. The maximum Gasteiger partial charge on any atom is 0.241 e. The van der Waals surface area contributed by atoms with Gasteiger partial charge < -0.3 is 10.1 Å². The van der Waals surface area contributed by atoms with E-state index in [1.165, 1.54) is 6.08 Å². The summed E-state index contributed by atoms with van der Waals surface area (Å²) in [6, 6.07) is 5.44. The van der Waals surface area contributed by atoms with E-state index >= 15 is 0 Å². The van der Waals surface area contributed by atoms with Gasteiger partial charge in [0.15, 0.2) is 5.65 Å². The van der Waals surface area contributed by atoms with Crippen molar-refractivity contribution in [3.63, 3.8) is 0 Å². The Balaban J connectivity index is 1.32. The molecule has 0 aliphatic carbocycles. The first-order valence-electron chi connectivity index (χ1n) is 11.8. The first-order chi connectivity index (χ1) is 17.7. The molecular formula is C23H27Cl2N7O3S2. The monoisotopic (exact) mass is 583 g/mol. The average Bonchev–Trinajstić information content (AvgIpc) is 3.39. The van der Waals surface area contributed by atoms with Crippen molar-refractivity contribution < 1.29 is 13.2 Å². The van der Waals surface area contributed by atoms with Crippen molar-refractivity contribution in [2.24, 2.45) is 7.05 Å². The number of fused-ring (bicyclic) bond motifs is 1. The van der Waals surface area contributed by atoms with E-state index in [1.807, 2.05) is 26.1 Å². The Kier molecular flexibility index (Phi) is 7.85. The van der Waals surface area contributed by atoms with Gasteiger partial charge in [0, 0.05) is 45.0 Å². The first kappa shape index (κ1) is 26.5. The zero-order chi connectivity index (χ0) is 26.2. The molecule has 1 fully saturated rings. The number of hydrogen-bond donors (Lipinski definition) is 2. The molecule has 1 saturated heterocycles. The minimum atomic E-state index is -3.77. The third-order valence-corrected chi connectivity index (χ3v) is 10.0. The molecule has 1 aromatic carbocycles. The zero-order valence-corrected chi connectivity index (χ0v) is 23.5. The van der Waals surface area contributed by atoms with Gasteiger partial charge in [0.1, 0.15) is 15.7 Å². The van der Waals surface area contributed by atoms with Crippen molar-refractivity contribution >= 4 is 67.7 Å². The number of ether oxygens (including phenoxy) is 1. The third kappa shape index (κ3) is 5.84. The molecule has 2 aliphatic heterocycles. The number of morpholine rings is 1. The van der Waals surface area contributed by atoms with E-state index in [4.69, 9.17) is 27.9 Å².